The highest BCUT2D eigenvalue weighted by molar-refractivity contribution is 5.97. The molecule has 0 saturated carbocycles. The Bertz CT molecular complexity index is 1180. The molecule has 0 bridgehead atoms. The topological polar surface area (TPSA) is 118 Å². The minimum Gasteiger partial charge on any atom is -0.467 e. The van der Waals surface area contributed by atoms with Gasteiger partial charge in [0.25, 0.3) is 5.91 Å². The minimum atomic E-state index is -0.864. The third kappa shape index (κ3) is 5.37. The van der Waals surface area contributed by atoms with Crippen LogP contribution in [0.15, 0.2) is 77.9 Å². The molecule has 0 fully saturated rings. The maximum absolute atomic E-state index is 12.8. The zero-order valence-corrected chi connectivity index (χ0v) is 17.5. The van der Waals surface area contributed by atoms with Gasteiger partial charge in [0.2, 0.25) is 0 Å². The minimum absolute atomic E-state index is 0.248. The molecule has 7 nitrogen and oxygen atoms in total. The number of ether oxygens (including phenoxy) is 1. The number of methoxy groups -OCH3 is 1. The highest BCUT2D eigenvalue weighted by Crippen LogP contribution is 2.23. The van der Waals surface area contributed by atoms with Crippen molar-refractivity contribution in [3.05, 3.63) is 95.1 Å². The highest BCUT2D eigenvalue weighted by Gasteiger charge is 2.23. The summed E-state index contributed by atoms with van der Waals surface area (Å²) in [5.74, 6) is 4.25. The largest absolute Gasteiger partial charge is 0.467 e. The maximum Gasteiger partial charge on any atom is 0.328 e. The fourth-order valence-corrected chi connectivity index (χ4v) is 3.33. The highest BCUT2D eigenvalue weighted by atomic mass is 16.5. The molecule has 1 atom stereocenters. The lowest BCUT2D eigenvalue weighted by Gasteiger charge is -2.17. The van der Waals surface area contributed by atoms with Crippen molar-refractivity contribution in [1.29, 1.82) is 5.26 Å². The smallest absolute Gasteiger partial charge is 0.328 e. The number of nitrogens with two attached hydrogens (primary N) is 1. The molecule has 1 amide bonds. The molecule has 0 saturated heterocycles. The molecule has 0 aliphatic rings. The first-order valence-electron chi connectivity index (χ1n) is 9.86. The van der Waals surface area contributed by atoms with E-state index in [1.807, 2.05) is 36.4 Å². The molecule has 3 aromatic rings. The Balaban J connectivity index is 1.77. The number of hydrazone groups is 1. The SMILES string of the molecule is COC(=O)[C@H](Cc1cccc(/C=N\N)c1)NC(=O)c1ccc(-c2ccccc2C#N)cc1. The molecule has 160 valence electrons. The van der Waals surface area contributed by atoms with Gasteiger partial charge in [-0.3, -0.25) is 4.79 Å². The van der Waals surface area contributed by atoms with Crippen molar-refractivity contribution in [2.75, 3.05) is 7.11 Å². The average molecular weight is 426 g/mol. The van der Waals surface area contributed by atoms with Crippen molar-refractivity contribution in [1.82, 2.24) is 5.32 Å². The van der Waals surface area contributed by atoms with Crippen molar-refractivity contribution in [2.24, 2.45) is 10.9 Å². The van der Waals surface area contributed by atoms with E-state index >= 15 is 0 Å². The van der Waals surface area contributed by atoms with Gasteiger partial charge in [-0.25, -0.2) is 4.79 Å². The lowest BCUT2D eigenvalue weighted by molar-refractivity contribution is -0.142. The van der Waals surface area contributed by atoms with Crippen molar-refractivity contribution < 1.29 is 14.3 Å². The number of hydrogen-bond acceptors (Lipinski definition) is 6. The molecule has 0 aromatic heterocycles. The van der Waals surface area contributed by atoms with E-state index in [1.54, 1.807) is 36.4 Å². The Morgan fingerprint density at radius 1 is 1.12 bits per heavy atom. The summed E-state index contributed by atoms with van der Waals surface area (Å²) in [5.41, 5.74) is 4.16. The summed E-state index contributed by atoms with van der Waals surface area (Å²) in [5, 5.41) is 15.5. The molecular weight excluding hydrogens is 404 g/mol. The second-order valence-corrected chi connectivity index (χ2v) is 7.01. The number of carbonyl (C=O) groups excluding carboxylic acids is 2. The summed E-state index contributed by atoms with van der Waals surface area (Å²) in [7, 11) is 1.28. The normalized spacial score (nSPS) is 11.5. The van der Waals surface area contributed by atoms with Gasteiger partial charge in [-0.15, -0.1) is 0 Å². The van der Waals surface area contributed by atoms with Crippen LogP contribution >= 0.6 is 0 Å². The van der Waals surface area contributed by atoms with Crippen LogP contribution in [0.5, 0.6) is 0 Å². The first-order chi connectivity index (χ1) is 15.5. The van der Waals surface area contributed by atoms with Crippen LogP contribution in [0.4, 0.5) is 0 Å². The van der Waals surface area contributed by atoms with Gasteiger partial charge in [0.1, 0.15) is 6.04 Å². The predicted octanol–water partition coefficient (Wildman–Crippen LogP) is 3.03. The van der Waals surface area contributed by atoms with E-state index in [0.29, 0.717) is 11.1 Å². The van der Waals surface area contributed by atoms with E-state index in [2.05, 4.69) is 16.5 Å². The summed E-state index contributed by atoms with van der Waals surface area (Å²) in [4.78, 5) is 25.1. The number of esters is 1. The number of carbonyl (C=O) groups is 2. The number of rotatable bonds is 7. The van der Waals surface area contributed by atoms with Crippen LogP contribution < -0.4 is 11.2 Å². The van der Waals surface area contributed by atoms with Gasteiger partial charge >= 0.3 is 5.97 Å². The van der Waals surface area contributed by atoms with Crippen LogP contribution in [0.25, 0.3) is 11.1 Å². The number of nitrogens with zero attached hydrogens (tertiary/aromatic N) is 2. The summed E-state index contributed by atoms with van der Waals surface area (Å²) in [6, 6.07) is 22.7. The third-order valence-electron chi connectivity index (χ3n) is 4.91. The fraction of sp³-hybridized carbons (Fsp3) is 0.120. The van der Waals surface area contributed by atoms with Crippen molar-refractivity contribution >= 4 is 18.1 Å². The Kier molecular flexibility index (Phi) is 7.33. The van der Waals surface area contributed by atoms with Crippen LogP contribution in [0, 0.1) is 11.3 Å². The van der Waals surface area contributed by atoms with Crippen LogP contribution in [0.3, 0.4) is 0 Å². The fourth-order valence-electron chi connectivity index (χ4n) is 3.33. The molecule has 3 N–H and O–H groups in total. The van der Waals surface area contributed by atoms with Gasteiger partial charge in [0.15, 0.2) is 0 Å². The summed E-state index contributed by atoms with van der Waals surface area (Å²) >= 11 is 0. The third-order valence-corrected chi connectivity index (χ3v) is 4.91. The van der Waals surface area contributed by atoms with E-state index in [0.717, 1.165) is 22.3 Å². The number of nitrogens with one attached hydrogen (secondary N) is 1. The second-order valence-electron chi connectivity index (χ2n) is 7.01. The number of amides is 1. The van der Waals surface area contributed by atoms with E-state index in [4.69, 9.17) is 10.6 Å². The monoisotopic (exact) mass is 426 g/mol. The molecule has 3 rings (SSSR count). The van der Waals surface area contributed by atoms with Gasteiger partial charge < -0.3 is 15.9 Å². The van der Waals surface area contributed by atoms with E-state index in [1.165, 1.54) is 13.3 Å². The molecule has 3 aromatic carbocycles. The number of benzene rings is 3. The van der Waals surface area contributed by atoms with Crippen LogP contribution in [-0.2, 0) is 16.0 Å². The molecule has 7 heteroatoms. The average Bonchev–Trinajstić information content (AvgIpc) is 2.83. The van der Waals surface area contributed by atoms with Crippen LogP contribution in [-0.4, -0.2) is 31.2 Å². The van der Waals surface area contributed by atoms with E-state index in [-0.39, 0.29) is 6.42 Å². The van der Waals surface area contributed by atoms with Crippen LogP contribution in [0.2, 0.25) is 0 Å². The molecule has 32 heavy (non-hydrogen) atoms. The Morgan fingerprint density at radius 2 is 1.88 bits per heavy atom. The van der Waals surface area contributed by atoms with Gasteiger partial charge in [-0.2, -0.15) is 10.4 Å². The predicted molar refractivity (Wildman–Crippen MR) is 122 cm³/mol. The molecule has 0 heterocycles. The molecule has 0 unspecified atom stereocenters. The van der Waals surface area contributed by atoms with E-state index in [9.17, 15) is 14.9 Å². The van der Waals surface area contributed by atoms with Crippen molar-refractivity contribution in [2.45, 2.75) is 12.5 Å². The Labute approximate surface area is 186 Å². The molecule has 0 aliphatic carbocycles. The molecule has 0 radical (unpaired) electrons. The lowest BCUT2D eigenvalue weighted by Crippen LogP contribution is -2.43. The molecular formula is C25H22N4O3. The van der Waals surface area contributed by atoms with Gasteiger partial charge in [-0.05, 0) is 40.5 Å². The Hall–Kier alpha value is -4.44. The van der Waals surface area contributed by atoms with Crippen molar-refractivity contribution in [3.8, 4) is 17.2 Å². The van der Waals surface area contributed by atoms with Gasteiger partial charge in [-0.1, -0.05) is 54.6 Å². The quantitative estimate of drug-likeness (QED) is 0.261. The summed E-state index contributed by atoms with van der Waals surface area (Å²) in [6.45, 7) is 0. The maximum atomic E-state index is 12.8. The first kappa shape index (κ1) is 22.2. The van der Waals surface area contributed by atoms with E-state index < -0.39 is 17.9 Å². The zero-order chi connectivity index (χ0) is 22.9. The van der Waals surface area contributed by atoms with Crippen molar-refractivity contribution in [3.63, 3.8) is 0 Å². The van der Waals surface area contributed by atoms with Crippen LogP contribution in [0.1, 0.15) is 27.0 Å². The lowest BCUT2D eigenvalue weighted by atomic mass is 9.99. The first-order valence-corrected chi connectivity index (χ1v) is 9.86. The zero-order valence-electron chi connectivity index (χ0n) is 17.5. The number of hydrogen-bond donors (Lipinski definition) is 2. The van der Waals surface area contributed by atoms with Gasteiger partial charge in [0, 0.05) is 12.0 Å². The summed E-state index contributed by atoms with van der Waals surface area (Å²) < 4.78 is 4.87. The Morgan fingerprint density at radius 3 is 2.56 bits per heavy atom. The molecule has 0 spiro atoms. The molecule has 0 aliphatic heterocycles. The standard InChI is InChI=1S/C25H22N4O3/c1-32-25(31)23(14-17-5-4-6-18(13-17)16-28-27)29-24(30)20-11-9-19(10-12-20)22-8-3-2-7-21(22)15-26/h2-13,16,23H,14,27H2,1H3,(H,29,30)/b28-16-/t23-/m0/s1. The second kappa shape index (κ2) is 10.5. The number of nitriles is 1. The van der Waals surface area contributed by atoms with Gasteiger partial charge in [0.05, 0.1) is 25.0 Å². The summed E-state index contributed by atoms with van der Waals surface area (Å²) in [6.07, 6.45) is 1.75.